The highest BCUT2D eigenvalue weighted by Gasteiger charge is 2.33. The highest BCUT2D eigenvalue weighted by molar-refractivity contribution is 5.94. The van der Waals surface area contributed by atoms with Gasteiger partial charge in [-0.2, -0.15) is 0 Å². The van der Waals surface area contributed by atoms with Gasteiger partial charge in [0.25, 0.3) is 0 Å². The predicted molar refractivity (Wildman–Crippen MR) is 132 cm³/mol. The standard InChI is InChI=1S/C26H36N4O5/c1-4-19-9-11-20(12-10-19)25(26(33)27-21-7-5-6-8-21)30(15-16-34-3)24(32)14-13-23(31)28-22-17-18(2)35-29-22/h9-12,17,21,25H,4-8,13-16H2,1-3H3,(H,27,33)(H,28,29,31). The molecule has 0 aliphatic heterocycles. The lowest BCUT2D eigenvalue weighted by atomic mass is 10.0. The van der Waals surface area contributed by atoms with Crippen molar-refractivity contribution in [3.8, 4) is 0 Å². The molecule has 2 N–H and O–H groups in total. The van der Waals surface area contributed by atoms with Crippen LogP contribution in [0.25, 0.3) is 0 Å². The monoisotopic (exact) mass is 484 g/mol. The zero-order chi connectivity index (χ0) is 25.2. The van der Waals surface area contributed by atoms with Crippen molar-refractivity contribution >= 4 is 23.5 Å². The zero-order valence-electron chi connectivity index (χ0n) is 20.8. The van der Waals surface area contributed by atoms with Crippen molar-refractivity contribution in [2.75, 3.05) is 25.6 Å². The Kier molecular flexibility index (Phi) is 9.84. The first-order chi connectivity index (χ1) is 16.9. The molecule has 3 amide bonds. The molecule has 35 heavy (non-hydrogen) atoms. The van der Waals surface area contributed by atoms with Crippen LogP contribution in [-0.2, 0) is 25.5 Å². The van der Waals surface area contributed by atoms with Gasteiger partial charge in [-0.15, -0.1) is 0 Å². The van der Waals surface area contributed by atoms with E-state index in [9.17, 15) is 14.4 Å². The van der Waals surface area contributed by atoms with E-state index in [1.165, 1.54) is 4.90 Å². The molecular formula is C26H36N4O5. The molecule has 1 saturated carbocycles. The van der Waals surface area contributed by atoms with E-state index in [4.69, 9.17) is 9.26 Å². The SMILES string of the molecule is CCc1ccc(C(C(=O)NC2CCCC2)N(CCOC)C(=O)CCC(=O)Nc2cc(C)on2)cc1. The molecule has 1 unspecified atom stereocenters. The first-order valence-corrected chi connectivity index (χ1v) is 12.3. The highest BCUT2D eigenvalue weighted by atomic mass is 16.5. The van der Waals surface area contributed by atoms with E-state index in [0.717, 1.165) is 43.2 Å². The number of nitrogens with zero attached hydrogens (tertiary/aromatic N) is 2. The number of hydrogen-bond acceptors (Lipinski definition) is 6. The van der Waals surface area contributed by atoms with Gasteiger partial charge >= 0.3 is 0 Å². The van der Waals surface area contributed by atoms with E-state index >= 15 is 0 Å². The molecule has 9 heteroatoms. The fourth-order valence-electron chi connectivity index (χ4n) is 4.34. The van der Waals surface area contributed by atoms with Gasteiger partial charge < -0.3 is 24.8 Å². The molecule has 1 aliphatic rings. The van der Waals surface area contributed by atoms with Crippen molar-refractivity contribution in [2.24, 2.45) is 0 Å². The number of aromatic nitrogens is 1. The molecule has 1 heterocycles. The summed E-state index contributed by atoms with van der Waals surface area (Å²) < 4.78 is 10.2. The second kappa shape index (κ2) is 13.0. The van der Waals surface area contributed by atoms with Crippen molar-refractivity contribution in [2.45, 2.75) is 70.9 Å². The first-order valence-electron chi connectivity index (χ1n) is 12.3. The zero-order valence-corrected chi connectivity index (χ0v) is 20.8. The van der Waals surface area contributed by atoms with Crippen LogP contribution in [-0.4, -0.2) is 54.1 Å². The Labute approximate surface area is 206 Å². The minimum absolute atomic E-state index is 0.0417. The molecule has 190 valence electrons. The van der Waals surface area contributed by atoms with E-state index < -0.39 is 6.04 Å². The van der Waals surface area contributed by atoms with Crippen molar-refractivity contribution in [3.05, 3.63) is 47.2 Å². The third-order valence-electron chi connectivity index (χ3n) is 6.28. The molecule has 1 aromatic heterocycles. The number of carbonyl (C=O) groups is 3. The number of rotatable bonds is 12. The van der Waals surface area contributed by atoms with E-state index in [1.807, 2.05) is 24.3 Å². The summed E-state index contributed by atoms with van der Waals surface area (Å²) in [5.74, 6) is 0.0405. The number of aryl methyl sites for hydroxylation is 2. The molecule has 9 nitrogen and oxygen atoms in total. The smallest absolute Gasteiger partial charge is 0.247 e. The van der Waals surface area contributed by atoms with Crippen LogP contribution in [0.3, 0.4) is 0 Å². The van der Waals surface area contributed by atoms with Gasteiger partial charge in [-0.25, -0.2) is 0 Å². The lowest BCUT2D eigenvalue weighted by molar-refractivity contribution is -0.142. The Hall–Kier alpha value is -3.20. The van der Waals surface area contributed by atoms with E-state index in [1.54, 1.807) is 20.1 Å². The summed E-state index contributed by atoms with van der Waals surface area (Å²) in [5.41, 5.74) is 1.89. The molecule has 1 aliphatic carbocycles. The molecule has 0 saturated heterocycles. The van der Waals surface area contributed by atoms with Gasteiger partial charge in [-0.3, -0.25) is 14.4 Å². The lowest BCUT2D eigenvalue weighted by Gasteiger charge is -2.32. The second-order valence-electron chi connectivity index (χ2n) is 8.94. The largest absolute Gasteiger partial charge is 0.383 e. The number of amides is 3. The predicted octanol–water partition coefficient (Wildman–Crippen LogP) is 3.54. The number of benzene rings is 1. The summed E-state index contributed by atoms with van der Waals surface area (Å²) in [5, 5.41) is 9.51. The molecule has 1 atom stereocenters. The van der Waals surface area contributed by atoms with Gasteiger partial charge in [0.1, 0.15) is 11.8 Å². The fourth-order valence-corrected chi connectivity index (χ4v) is 4.34. The molecule has 0 bridgehead atoms. The maximum atomic E-state index is 13.5. The van der Waals surface area contributed by atoms with Gasteiger partial charge in [0.05, 0.1) is 6.61 Å². The Balaban J connectivity index is 1.77. The average Bonchev–Trinajstić information content (AvgIpc) is 3.51. The molecule has 0 spiro atoms. The van der Waals surface area contributed by atoms with Crippen molar-refractivity contribution < 1.29 is 23.6 Å². The van der Waals surface area contributed by atoms with Crippen LogP contribution in [0, 0.1) is 6.92 Å². The molecule has 0 radical (unpaired) electrons. The summed E-state index contributed by atoms with van der Waals surface area (Å²) in [6.45, 7) is 4.30. The normalized spacial score (nSPS) is 14.5. The van der Waals surface area contributed by atoms with Crippen LogP contribution in [0.5, 0.6) is 0 Å². The van der Waals surface area contributed by atoms with E-state index in [0.29, 0.717) is 11.6 Å². The fraction of sp³-hybridized carbons (Fsp3) is 0.538. The van der Waals surface area contributed by atoms with Crippen molar-refractivity contribution in [1.82, 2.24) is 15.4 Å². The minimum atomic E-state index is -0.801. The molecule has 2 aromatic rings. The number of ether oxygens (including phenoxy) is 1. The van der Waals surface area contributed by atoms with Gasteiger partial charge in [-0.05, 0) is 37.3 Å². The second-order valence-corrected chi connectivity index (χ2v) is 8.94. The number of anilines is 1. The minimum Gasteiger partial charge on any atom is -0.383 e. The Morgan fingerprint density at radius 3 is 2.49 bits per heavy atom. The van der Waals surface area contributed by atoms with Crippen LogP contribution >= 0.6 is 0 Å². The first kappa shape index (κ1) is 26.4. The Morgan fingerprint density at radius 2 is 1.89 bits per heavy atom. The molecule has 1 aromatic carbocycles. The van der Waals surface area contributed by atoms with Crippen molar-refractivity contribution in [3.63, 3.8) is 0 Å². The summed E-state index contributed by atoms with van der Waals surface area (Å²) in [6, 6.07) is 8.71. The number of nitrogens with one attached hydrogen (secondary N) is 2. The van der Waals surface area contributed by atoms with Crippen LogP contribution in [0.15, 0.2) is 34.9 Å². The summed E-state index contributed by atoms with van der Waals surface area (Å²) in [6.07, 6.45) is 4.86. The van der Waals surface area contributed by atoms with Gasteiger partial charge in [0.2, 0.25) is 17.7 Å². The van der Waals surface area contributed by atoms with Gasteiger partial charge in [0, 0.05) is 38.6 Å². The Bertz CT molecular complexity index is 982. The molecule has 3 rings (SSSR count). The van der Waals surface area contributed by atoms with E-state index in [2.05, 4.69) is 22.7 Å². The number of methoxy groups -OCH3 is 1. The quantitative estimate of drug-likeness (QED) is 0.476. The maximum absolute atomic E-state index is 13.5. The van der Waals surface area contributed by atoms with Crippen LogP contribution in [0.4, 0.5) is 5.82 Å². The topological polar surface area (TPSA) is 114 Å². The van der Waals surface area contributed by atoms with Crippen molar-refractivity contribution in [1.29, 1.82) is 0 Å². The number of hydrogen-bond donors (Lipinski definition) is 2. The summed E-state index contributed by atoms with van der Waals surface area (Å²) >= 11 is 0. The van der Waals surface area contributed by atoms with Crippen LogP contribution in [0.1, 0.15) is 68.4 Å². The summed E-state index contributed by atoms with van der Waals surface area (Å²) in [4.78, 5) is 40.8. The molecule has 1 fully saturated rings. The van der Waals surface area contributed by atoms with Gasteiger partial charge in [0.15, 0.2) is 5.82 Å². The van der Waals surface area contributed by atoms with Gasteiger partial charge in [-0.1, -0.05) is 49.2 Å². The highest BCUT2D eigenvalue weighted by Crippen LogP contribution is 2.25. The van der Waals surface area contributed by atoms with Crippen LogP contribution in [0.2, 0.25) is 0 Å². The number of carbonyl (C=O) groups excluding carboxylic acids is 3. The van der Waals surface area contributed by atoms with Crippen LogP contribution < -0.4 is 10.6 Å². The lowest BCUT2D eigenvalue weighted by Crippen LogP contribution is -2.47. The third kappa shape index (κ3) is 7.65. The average molecular weight is 485 g/mol. The van der Waals surface area contributed by atoms with E-state index in [-0.39, 0.29) is 49.8 Å². The third-order valence-corrected chi connectivity index (χ3v) is 6.28. The molecular weight excluding hydrogens is 448 g/mol. The Morgan fingerprint density at radius 1 is 1.17 bits per heavy atom. The maximum Gasteiger partial charge on any atom is 0.247 e. The summed E-state index contributed by atoms with van der Waals surface area (Å²) in [7, 11) is 1.56.